The first-order chi connectivity index (χ1) is 10.6. The summed E-state index contributed by atoms with van der Waals surface area (Å²) in [7, 11) is 0. The van der Waals surface area contributed by atoms with Gasteiger partial charge >= 0.3 is 0 Å². The second-order valence-corrected chi connectivity index (χ2v) is 5.10. The summed E-state index contributed by atoms with van der Waals surface area (Å²) in [5.41, 5.74) is 2.70. The number of pyridine rings is 1. The van der Waals surface area contributed by atoms with Crippen LogP contribution in [0, 0.1) is 17.0 Å². The second kappa shape index (κ2) is 5.77. The number of aromatic nitrogens is 1. The number of hydrogen-bond acceptors (Lipinski definition) is 3. The molecule has 3 aromatic rings. The number of benzene rings is 2. The minimum absolute atomic E-state index is 0.145. The molecule has 2 aromatic carbocycles. The van der Waals surface area contributed by atoms with Gasteiger partial charge in [0.15, 0.2) is 0 Å². The SMILES string of the molecule is Cc1ccc2ccc(/C=C/c3ccncc3)c([N+](=O)[O-])c2c1. The molecule has 4 heteroatoms. The van der Waals surface area contributed by atoms with Crippen molar-refractivity contribution in [1.29, 1.82) is 0 Å². The lowest BCUT2D eigenvalue weighted by atomic mass is 10.0. The lowest BCUT2D eigenvalue weighted by molar-refractivity contribution is -0.383. The van der Waals surface area contributed by atoms with Crippen LogP contribution in [0.3, 0.4) is 0 Å². The quantitative estimate of drug-likeness (QED) is 0.522. The third kappa shape index (κ3) is 2.72. The Labute approximate surface area is 127 Å². The summed E-state index contributed by atoms with van der Waals surface area (Å²) < 4.78 is 0. The third-order valence-electron chi connectivity index (χ3n) is 3.52. The number of rotatable bonds is 3. The summed E-state index contributed by atoms with van der Waals surface area (Å²) >= 11 is 0. The molecule has 108 valence electrons. The van der Waals surface area contributed by atoms with Crippen LogP contribution in [0.15, 0.2) is 54.9 Å². The number of nitrogens with zero attached hydrogens (tertiary/aromatic N) is 2. The van der Waals surface area contributed by atoms with E-state index in [1.54, 1.807) is 24.5 Å². The fraction of sp³-hybridized carbons (Fsp3) is 0.0556. The van der Waals surface area contributed by atoms with Crippen LogP contribution in [0.2, 0.25) is 0 Å². The van der Waals surface area contributed by atoms with E-state index in [9.17, 15) is 10.1 Å². The van der Waals surface area contributed by atoms with Crippen molar-refractivity contribution in [3.63, 3.8) is 0 Å². The van der Waals surface area contributed by atoms with E-state index in [2.05, 4.69) is 4.98 Å². The fourth-order valence-corrected chi connectivity index (χ4v) is 2.43. The minimum Gasteiger partial charge on any atom is -0.265 e. The maximum atomic E-state index is 11.5. The average Bonchev–Trinajstić information content (AvgIpc) is 2.52. The Morgan fingerprint density at radius 2 is 1.77 bits per heavy atom. The summed E-state index contributed by atoms with van der Waals surface area (Å²) in [5.74, 6) is 0. The van der Waals surface area contributed by atoms with Crippen LogP contribution >= 0.6 is 0 Å². The van der Waals surface area contributed by atoms with E-state index in [0.29, 0.717) is 10.9 Å². The van der Waals surface area contributed by atoms with E-state index >= 15 is 0 Å². The summed E-state index contributed by atoms with van der Waals surface area (Å²) in [6, 6.07) is 13.1. The standard InChI is InChI=1S/C18H14N2O2/c1-13-2-4-15-6-7-16(18(20(21)22)17(15)12-13)5-3-14-8-10-19-11-9-14/h2-12H,1H3/b5-3+. The Hall–Kier alpha value is -3.01. The molecule has 0 bridgehead atoms. The Balaban J connectivity index is 2.15. The molecule has 1 aromatic heterocycles. The van der Waals surface area contributed by atoms with E-state index in [4.69, 9.17) is 0 Å². The van der Waals surface area contributed by atoms with Crippen LogP contribution in [-0.4, -0.2) is 9.91 Å². The smallest absolute Gasteiger partial charge is 0.265 e. The summed E-state index contributed by atoms with van der Waals surface area (Å²) in [6.07, 6.45) is 7.01. The number of nitro benzene ring substituents is 1. The Kier molecular flexibility index (Phi) is 3.66. The maximum absolute atomic E-state index is 11.5. The monoisotopic (exact) mass is 290 g/mol. The van der Waals surface area contributed by atoms with Gasteiger partial charge in [0.25, 0.3) is 5.69 Å². The van der Waals surface area contributed by atoms with E-state index < -0.39 is 0 Å². The van der Waals surface area contributed by atoms with Crippen LogP contribution < -0.4 is 0 Å². The Morgan fingerprint density at radius 3 is 2.50 bits per heavy atom. The van der Waals surface area contributed by atoms with Crippen molar-refractivity contribution in [3.8, 4) is 0 Å². The molecule has 4 nitrogen and oxygen atoms in total. The van der Waals surface area contributed by atoms with Crippen molar-refractivity contribution in [3.05, 3.63) is 81.7 Å². The zero-order valence-electron chi connectivity index (χ0n) is 12.1. The molecular formula is C18H14N2O2. The number of fused-ring (bicyclic) bond motifs is 1. The minimum atomic E-state index is -0.312. The van der Waals surface area contributed by atoms with Crippen molar-refractivity contribution in [2.45, 2.75) is 6.92 Å². The molecule has 0 N–H and O–H groups in total. The highest BCUT2D eigenvalue weighted by Gasteiger charge is 2.16. The lowest BCUT2D eigenvalue weighted by Gasteiger charge is -2.04. The van der Waals surface area contributed by atoms with Gasteiger partial charge in [0.05, 0.1) is 15.9 Å². The number of aryl methyl sites for hydroxylation is 1. The highest BCUT2D eigenvalue weighted by Crippen LogP contribution is 2.31. The molecule has 22 heavy (non-hydrogen) atoms. The molecule has 0 radical (unpaired) electrons. The normalized spacial score (nSPS) is 11.1. The van der Waals surface area contributed by atoms with Gasteiger partial charge in [-0.15, -0.1) is 0 Å². The zero-order valence-corrected chi connectivity index (χ0v) is 12.1. The van der Waals surface area contributed by atoms with Gasteiger partial charge in [-0.25, -0.2) is 0 Å². The molecule has 0 saturated heterocycles. The van der Waals surface area contributed by atoms with Crippen molar-refractivity contribution >= 4 is 28.6 Å². The van der Waals surface area contributed by atoms with E-state index in [-0.39, 0.29) is 10.6 Å². The summed E-state index contributed by atoms with van der Waals surface area (Å²) in [6.45, 7) is 1.93. The van der Waals surface area contributed by atoms with Gasteiger partial charge in [-0.1, -0.05) is 29.8 Å². The van der Waals surface area contributed by atoms with Crippen molar-refractivity contribution in [2.24, 2.45) is 0 Å². The molecule has 0 amide bonds. The van der Waals surface area contributed by atoms with Gasteiger partial charge in [-0.3, -0.25) is 15.1 Å². The van der Waals surface area contributed by atoms with Crippen LogP contribution in [0.5, 0.6) is 0 Å². The predicted octanol–water partition coefficient (Wildman–Crippen LogP) is 4.62. The Morgan fingerprint density at radius 1 is 1.05 bits per heavy atom. The third-order valence-corrected chi connectivity index (χ3v) is 3.52. The van der Waals surface area contributed by atoms with Gasteiger partial charge in [-0.2, -0.15) is 0 Å². The highest BCUT2D eigenvalue weighted by molar-refractivity contribution is 5.96. The van der Waals surface area contributed by atoms with E-state index in [1.165, 1.54) is 0 Å². The average molecular weight is 290 g/mol. The molecule has 0 spiro atoms. The number of hydrogen-bond donors (Lipinski definition) is 0. The first-order valence-electron chi connectivity index (χ1n) is 6.91. The number of nitro groups is 1. The molecular weight excluding hydrogens is 276 g/mol. The van der Waals surface area contributed by atoms with E-state index in [0.717, 1.165) is 16.5 Å². The lowest BCUT2D eigenvalue weighted by Crippen LogP contribution is -1.93. The highest BCUT2D eigenvalue weighted by atomic mass is 16.6. The van der Waals surface area contributed by atoms with Crippen LogP contribution in [0.25, 0.3) is 22.9 Å². The molecule has 1 heterocycles. The van der Waals surface area contributed by atoms with Crippen LogP contribution in [0.4, 0.5) is 5.69 Å². The van der Waals surface area contributed by atoms with Gasteiger partial charge in [-0.05, 0) is 48.2 Å². The molecule has 0 atom stereocenters. The predicted molar refractivity (Wildman–Crippen MR) is 88.5 cm³/mol. The first kappa shape index (κ1) is 13.9. The zero-order chi connectivity index (χ0) is 15.5. The molecule has 0 unspecified atom stereocenters. The van der Waals surface area contributed by atoms with Gasteiger partial charge in [0, 0.05) is 12.4 Å². The van der Waals surface area contributed by atoms with Crippen LogP contribution in [-0.2, 0) is 0 Å². The topological polar surface area (TPSA) is 56.0 Å². The summed E-state index contributed by atoms with van der Waals surface area (Å²) in [4.78, 5) is 15.2. The Bertz CT molecular complexity index is 871. The molecule has 0 aliphatic carbocycles. The van der Waals surface area contributed by atoms with Crippen molar-refractivity contribution in [2.75, 3.05) is 0 Å². The maximum Gasteiger partial charge on any atom is 0.284 e. The molecule has 0 fully saturated rings. The molecule has 0 saturated carbocycles. The summed E-state index contributed by atoms with van der Waals surface area (Å²) in [5, 5.41) is 13.1. The second-order valence-electron chi connectivity index (χ2n) is 5.10. The fourth-order valence-electron chi connectivity index (χ4n) is 2.43. The van der Waals surface area contributed by atoms with E-state index in [1.807, 2.05) is 49.4 Å². The van der Waals surface area contributed by atoms with Crippen molar-refractivity contribution < 1.29 is 4.92 Å². The van der Waals surface area contributed by atoms with Crippen LogP contribution in [0.1, 0.15) is 16.7 Å². The van der Waals surface area contributed by atoms with Gasteiger partial charge in [0.2, 0.25) is 0 Å². The molecule has 0 aliphatic heterocycles. The molecule has 0 aliphatic rings. The van der Waals surface area contributed by atoms with Gasteiger partial charge < -0.3 is 0 Å². The molecule has 3 rings (SSSR count). The van der Waals surface area contributed by atoms with Crippen molar-refractivity contribution in [1.82, 2.24) is 4.98 Å². The largest absolute Gasteiger partial charge is 0.284 e. The first-order valence-corrected chi connectivity index (χ1v) is 6.91. The van der Waals surface area contributed by atoms with Gasteiger partial charge in [0.1, 0.15) is 0 Å².